The summed E-state index contributed by atoms with van der Waals surface area (Å²) in [6, 6.07) is 8.47. The molecule has 3 heterocycles. The Morgan fingerprint density at radius 2 is 1.92 bits per heavy atom. The Kier molecular flexibility index (Phi) is 4.99. The van der Waals surface area contributed by atoms with Crippen molar-refractivity contribution in [2.75, 3.05) is 39.3 Å². The molecular weight excluding hydrogens is 316 g/mol. The van der Waals surface area contributed by atoms with Crippen LogP contribution in [-0.2, 0) is 13.0 Å². The minimum Gasteiger partial charge on any atom is -0.493 e. The van der Waals surface area contributed by atoms with E-state index >= 15 is 0 Å². The van der Waals surface area contributed by atoms with Crippen LogP contribution in [0.25, 0.3) is 0 Å². The van der Waals surface area contributed by atoms with Gasteiger partial charge in [0, 0.05) is 39.6 Å². The Hall–Kier alpha value is -1.92. The summed E-state index contributed by atoms with van der Waals surface area (Å²) < 4.78 is 11.0. The summed E-state index contributed by atoms with van der Waals surface area (Å²) in [5.74, 6) is 3.19. The van der Waals surface area contributed by atoms with E-state index < -0.39 is 0 Å². The molecule has 0 N–H and O–H groups in total. The molecule has 1 atom stereocenters. The summed E-state index contributed by atoms with van der Waals surface area (Å²) in [4.78, 5) is 9.31. The topological polar surface area (TPSA) is 54.6 Å². The molecule has 0 spiro atoms. The predicted molar refractivity (Wildman–Crippen MR) is 94.5 cm³/mol. The molecule has 0 saturated carbocycles. The standard InChI is InChI=1S/C19H26N4O2/c1-15-20-19(21-25-15)14-23-9-7-22(8-10-23)13-16-6-11-24-18-5-3-2-4-17(18)12-16/h2-5,16H,6-14H2,1H3. The molecule has 25 heavy (non-hydrogen) atoms. The zero-order valence-electron chi connectivity index (χ0n) is 14.9. The molecule has 6 nitrogen and oxygen atoms in total. The minimum atomic E-state index is 0.643. The molecule has 4 rings (SSSR count). The molecule has 0 aliphatic carbocycles. The number of ether oxygens (including phenoxy) is 1. The van der Waals surface area contributed by atoms with E-state index in [0.29, 0.717) is 11.8 Å². The van der Waals surface area contributed by atoms with Crippen LogP contribution in [-0.4, -0.2) is 59.3 Å². The lowest BCUT2D eigenvalue weighted by atomic mass is 9.96. The van der Waals surface area contributed by atoms with Crippen molar-refractivity contribution in [3.8, 4) is 5.75 Å². The summed E-state index contributed by atoms with van der Waals surface area (Å²) in [7, 11) is 0. The number of piperazine rings is 1. The summed E-state index contributed by atoms with van der Waals surface area (Å²) in [6.45, 7) is 8.96. The van der Waals surface area contributed by atoms with Gasteiger partial charge in [0.1, 0.15) is 5.75 Å². The van der Waals surface area contributed by atoms with Gasteiger partial charge in [0.05, 0.1) is 13.2 Å². The fourth-order valence-corrected chi connectivity index (χ4v) is 3.82. The molecule has 134 valence electrons. The zero-order chi connectivity index (χ0) is 17.1. The lowest BCUT2D eigenvalue weighted by molar-refractivity contribution is 0.107. The van der Waals surface area contributed by atoms with Crippen molar-refractivity contribution in [2.45, 2.75) is 26.3 Å². The smallest absolute Gasteiger partial charge is 0.223 e. The molecule has 2 aromatic rings. The second kappa shape index (κ2) is 7.54. The maximum absolute atomic E-state index is 5.90. The van der Waals surface area contributed by atoms with Gasteiger partial charge in [-0.15, -0.1) is 0 Å². The SMILES string of the molecule is Cc1nc(CN2CCN(CC3CCOc4ccccc4C3)CC2)no1. The van der Waals surface area contributed by atoms with Crippen molar-refractivity contribution >= 4 is 0 Å². The number of aromatic nitrogens is 2. The highest BCUT2D eigenvalue weighted by molar-refractivity contribution is 5.34. The fourth-order valence-electron chi connectivity index (χ4n) is 3.82. The van der Waals surface area contributed by atoms with Crippen LogP contribution in [0.2, 0.25) is 0 Å². The maximum atomic E-state index is 5.90. The third-order valence-corrected chi connectivity index (χ3v) is 5.18. The molecule has 0 radical (unpaired) electrons. The molecule has 1 unspecified atom stereocenters. The van der Waals surface area contributed by atoms with Gasteiger partial charge in [-0.2, -0.15) is 4.98 Å². The summed E-state index contributed by atoms with van der Waals surface area (Å²) in [6.07, 6.45) is 2.26. The van der Waals surface area contributed by atoms with Gasteiger partial charge >= 0.3 is 0 Å². The predicted octanol–water partition coefficient (Wildman–Crippen LogP) is 2.14. The van der Waals surface area contributed by atoms with Gasteiger partial charge in [0.25, 0.3) is 0 Å². The van der Waals surface area contributed by atoms with Crippen LogP contribution < -0.4 is 4.74 Å². The fraction of sp³-hybridized carbons (Fsp3) is 0.579. The molecule has 1 aromatic carbocycles. The normalized spacial score (nSPS) is 22.2. The van der Waals surface area contributed by atoms with Crippen LogP contribution in [0.1, 0.15) is 23.7 Å². The van der Waals surface area contributed by atoms with Crippen LogP contribution in [0, 0.1) is 12.8 Å². The number of nitrogens with zero attached hydrogens (tertiary/aromatic N) is 4. The highest BCUT2D eigenvalue weighted by Crippen LogP contribution is 2.27. The lowest BCUT2D eigenvalue weighted by Crippen LogP contribution is -2.47. The molecule has 1 saturated heterocycles. The van der Waals surface area contributed by atoms with Crippen LogP contribution in [0.4, 0.5) is 0 Å². The number of rotatable bonds is 4. The first-order valence-electron chi connectivity index (χ1n) is 9.21. The van der Waals surface area contributed by atoms with Gasteiger partial charge in [-0.25, -0.2) is 0 Å². The van der Waals surface area contributed by atoms with Crippen molar-refractivity contribution in [3.63, 3.8) is 0 Å². The molecule has 2 aliphatic heterocycles. The van der Waals surface area contributed by atoms with Crippen molar-refractivity contribution < 1.29 is 9.26 Å². The summed E-state index contributed by atoms with van der Waals surface area (Å²) >= 11 is 0. The Labute approximate surface area is 148 Å². The minimum absolute atomic E-state index is 0.643. The van der Waals surface area contributed by atoms with Gasteiger partial charge < -0.3 is 14.2 Å². The molecule has 1 fully saturated rings. The molecule has 6 heteroatoms. The van der Waals surface area contributed by atoms with E-state index in [2.05, 4.69) is 44.2 Å². The first-order chi connectivity index (χ1) is 12.3. The van der Waals surface area contributed by atoms with Gasteiger partial charge in [-0.3, -0.25) is 4.90 Å². The number of benzene rings is 1. The van der Waals surface area contributed by atoms with Crippen LogP contribution >= 0.6 is 0 Å². The van der Waals surface area contributed by atoms with E-state index in [0.717, 1.165) is 70.3 Å². The average Bonchev–Trinajstić information content (AvgIpc) is 2.91. The second-order valence-electron chi connectivity index (χ2n) is 7.12. The maximum Gasteiger partial charge on any atom is 0.223 e. The number of fused-ring (bicyclic) bond motifs is 1. The Balaban J connectivity index is 1.27. The van der Waals surface area contributed by atoms with Crippen molar-refractivity contribution in [1.29, 1.82) is 0 Å². The van der Waals surface area contributed by atoms with Crippen LogP contribution in [0.3, 0.4) is 0 Å². The van der Waals surface area contributed by atoms with E-state index in [-0.39, 0.29) is 0 Å². The van der Waals surface area contributed by atoms with Crippen LogP contribution in [0.5, 0.6) is 5.75 Å². The first-order valence-corrected chi connectivity index (χ1v) is 9.21. The largest absolute Gasteiger partial charge is 0.493 e. The lowest BCUT2D eigenvalue weighted by Gasteiger charge is -2.35. The van der Waals surface area contributed by atoms with Gasteiger partial charge in [0.2, 0.25) is 5.89 Å². The third-order valence-electron chi connectivity index (χ3n) is 5.18. The molecule has 2 aliphatic rings. The number of hydrogen-bond acceptors (Lipinski definition) is 6. The average molecular weight is 342 g/mol. The van der Waals surface area contributed by atoms with Crippen molar-refractivity contribution in [1.82, 2.24) is 19.9 Å². The Morgan fingerprint density at radius 1 is 1.12 bits per heavy atom. The molecule has 0 amide bonds. The van der Waals surface area contributed by atoms with E-state index in [1.807, 2.05) is 6.92 Å². The second-order valence-corrected chi connectivity index (χ2v) is 7.12. The van der Waals surface area contributed by atoms with E-state index in [1.165, 1.54) is 5.56 Å². The first kappa shape index (κ1) is 16.5. The number of hydrogen-bond donors (Lipinski definition) is 0. The summed E-state index contributed by atoms with van der Waals surface area (Å²) in [5.41, 5.74) is 1.36. The van der Waals surface area contributed by atoms with E-state index in [9.17, 15) is 0 Å². The highest BCUT2D eigenvalue weighted by atomic mass is 16.5. The molecule has 1 aromatic heterocycles. The van der Waals surface area contributed by atoms with Crippen molar-refractivity contribution in [3.05, 3.63) is 41.5 Å². The van der Waals surface area contributed by atoms with Gasteiger partial charge in [-0.05, 0) is 30.4 Å². The zero-order valence-corrected chi connectivity index (χ0v) is 14.9. The number of aryl methyl sites for hydroxylation is 1. The quantitative estimate of drug-likeness (QED) is 0.848. The summed E-state index contributed by atoms with van der Waals surface area (Å²) in [5, 5.41) is 4.00. The third kappa shape index (κ3) is 4.19. The Morgan fingerprint density at radius 3 is 2.72 bits per heavy atom. The van der Waals surface area contributed by atoms with Crippen LogP contribution in [0.15, 0.2) is 28.8 Å². The van der Waals surface area contributed by atoms with E-state index in [4.69, 9.17) is 9.26 Å². The van der Waals surface area contributed by atoms with Gasteiger partial charge in [0.15, 0.2) is 5.82 Å². The highest BCUT2D eigenvalue weighted by Gasteiger charge is 2.23. The molecule has 0 bridgehead atoms. The van der Waals surface area contributed by atoms with Crippen molar-refractivity contribution in [2.24, 2.45) is 5.92 Å². The van der Waals surface area contributed by atoms with Gasteiger partial charge in [-0.1, -0.05) is 23.4 Å². The monoisotopic (exact) mass is 342 g/mol. The number of para-hydroxylation sites is 1. The van der Waals surface area contributed by atoms with E-state index in [1.54, 1.807) is 0 Å². The Bertz CT molecular complexity index is 694. The molecular formula is C19H26N4O2.